The Bertz CT molecular complexity index is 414. The summed E-state index contributed by atoms with van der Waals surface area (Å²) in [5.74, 6) is 1.04. The zero-order valence-electron chi connectivity index (χ0n) is 13.4. The Labute approximate surface area is 123 Å². The first-order valence-electron chi connectivity index (χ1n) is 7.65. The van der Waals surface area contributed by atoms with Crippen molar-refractivity contribution >= 4 is 0 Å². The fourth-order valence-corrected chi connectivity index (χ4v) is 3.08. The Morgan fingerprint density at radius 2 is 1.65 bits per heavy atom. The average Bonchev–Trinajstić information content (AvgIpc) is 2.41. The Morgan fingerprint density at radius 3 is 2.20 bits per heavy atom. The smallest absolute Gasteiger partial charge is 0.124 e. The number of nitrogens with zero attached hydrogens (tertiary/aromatic N) is 2. The van der Waals surface area contributed by atoms with Gasteiger partial charge in [-0.3, -0.25) is 0 Å². The number of piperazine rings is 1. The molecule has 1 aromatic rings. The highest BCUT2D eigenvalue weighted by molar-refractivity contribution is 5.43. The van der Waals surface area contributed by atoms with Crippen molar-refractivity contribution in [1.29, 1.82) is 0 Å². The van der Waals surface area contributed by atoms with E-state index in [4.69, 9.17) is 4.74 Å². The van der Waals surface area contributed by atoms with E-state index in [1.165, 1.54) is 55.8 Å². The standard InChI is InChI=1S/C17H28N2O/c1-14-12-16(13-15(2)17(14)20-4)6-5-7-19-10-8-18(3)9-11-19/h12-13H,5-11H2,1-4H3. The summed E-state index contributed by atoms with van der Waals surface area (Å²) in [4.78, 5) is 5.00. The first-order chi connectivity index (χ1) is 9.60. The Hall–Kier alpha value is -1.06. The molecule has 0 atom stereocenters. The molecule has 0 unspecified atom stereocenters. The minimum absolute atomic E-state index is 1.04. The Kier molecular flexibility index (Phi) is 5.44. The van der Waals surface area contributed by atoms with E-state index in [1.54, 1.807) is 7.11 Å². The van der Waals surface area contributed by atoms with Gasteiger partial charge in [0.2, 0.25) is 0 Å². The van der Waals surface area contributed by atoms with Crippen molar-refractivity contribution in [2.24, 2.45) is 0 Å². The van der Waals surface area contributed by atoms with Crippen LogP contribution in [-0.2, 0) is 6.42 Å². The van der Waals surface area contributed by atoms with Crippen molar-refractivity contribution in [3.05, 3.63) is 28.8 Å². The highest BCUT2D eigenvalue weighted by Gasteiger charge is 2.13. The van der Waals surface area contributed by atoms with Gasteiger partial charge < -0.3 is 14.5 Å². The number of methoxy groups -OCH3 is 1. The van der Waals surface area contributed by atoms with Gasteiger partial charge >= 0.3 is 0 Å². The highest BCUT2D eigenvalue weighted by Crippen LogP contribution is 2.24. The molecule has 1 aromatic carbocycles. The van der Waals surface area contributed by atoms with Crippen molar-refractivity contribution < 1.29 is 4.74 Å². The SMILES string of the molecule is COc1c(C)cc(CCCN2CCN(C)CC2)cc1C. The average molecular weight is 276 g/mol. The quantitative estimate of drug-likeness (QED) is 0.822. The third kappa shape index (κ3) is 3.97. The minimum Gasteiger partial charge on any atom is -0.496 e. The summed E-state index contributed by atoms with van der Waals surface area (Å²) < 4.78 is 5.43. The fourth-order valence-electron chi connectivity index (χ4n) is 3.08. The fraction of sp³-hybridized carbons (Fsp3) is 0.647. The van der Waals surface area contributed by atoms with Crippen LogP contribution in [-0.4, -0.2) is 56.7 Å². The molecule has 0 N–H and O–H groups in total. The van der Waals surface area contributed by atoms with Crippen molar-refractivity contribution in [2.45, 2.75) is 26.7 Å². The molecule has 0 radical (unpaired) electrons. The molecule has 3 heteroatoms. The van der Waals surface area contributed by atoms with Crippen LogP contribution in [0.1, 0.15) is 23.1 Å². The van der Waals surface area contributed by atoms with E-state index < -0.39 is 0 Å². The van der Waals surface area contributed by atoms with Gasteiger partial charge in [0.05, 0.1) is 7.11 Å². The van der Waals surface area contributed by atoms with Crippen LogP contribution in [0.4, 0.5) is 0 Å². The maximum absolute atomic E-state index is 5.43. The van der Waals surface area contributed by atoms with Crippen LogP contribution in [0.15, 0.2) is 12.1 Å². The first-order valence-corrected chi connectivity index (χ1v) is 7.65. The molecular formula is C17H28N2O. The molecule has 1 aliphatic rings. The van der Waals surface area contributed by atoms with Gasteiger partial charge in [0, 0.05) is 26.2 Å². The number of aryl methyl sites for hydroxylation is 3. The van der Waals surface area contributed by atoms with Crippen molar-refractivity contribution in [3.8, 4) is 5.75 Å². The third-order valence-corrected chi connectivity index (χ3v) is 4.26. The van der Waals surface area contributed by atoms with E-state index in [0.29, 0.717) is 0 Å². The van der Waals surface area contributed by atoms with Crippen LogP contribution in [0.25, 0.3) is 0 Å². The maximum atomic E-state index is 5.43. The van der Waals surface area contributed by atoms with Gasteiger partial charge in [-0.05, 0) is 57.0 Å². The predicted molar refractivity (Wildman–Crippen MR) is 84.7 cm³/mol. The molecule has 20 heavy (non-hydrogen) atoms. The molecule has 0 aliphatic carbocycles. The lowest BCUT2D eigenvalue weighted by molar-refractivity contribution is 0.153. The molecule has 112 valence electrons. The normalized spacial score (nSPS) is 17.4. The second kappa shape index (κ2) is 7.09. The number of likely N-dealkylation sites (N-methyl/N-ethyl adjacent to an activating group) is 1. The molecule has 0 spiro atoms. The zero-order chi connectivity index (χ0) is 14.5. The Morgan fingerprint density at radius 1 is 1.05 bits per heavy atom. The van der Waals surface area contributed by atoms with E-state index in [9.17, 15) is 0 Å². The van der Waals surface area contributed by atoms with Gasteiger partial charge in [-0.1, -0.05) is 12.1 Å². The summed E-state index contributed by atoms with van der Waals surface area (Å²) in [7, 11) is 3.96. The van der Waals surface area contributed by atoms with Gasteiger partial charge in [0.1, 0.15) is 5.75 Å². The number of hydrogen-bond donors (Lipinski definition) is 0. The van der Waals surface area contributed by atoms with Crippen LogP contribution >= 0.6 is 0 Å². The van der Waals surface area contributed by atoms with Crippen LogP contribution in [0.5, 0.6) is 5.75 Å². The van der Waals surface area contributed by atoms with E-state index in [-0.39, 0.29) is 0 Å². The van der Waals surface area contributed by atoms with Crippen LogP contribution < -0.4 is 4.74 Å². The van der Waals surface area contributed by atoms with Crippen LogP contribution in [0.2, 0.25) is 0 Å². The van der Waals surface area contributed by atoms with Crippen LogP contribution in [0.3, 0.4) is 0 Å². The number of rotatable bonds is 5. The first kappa shape index (κ1) is 15.3. The lowest BCUT2D eigenvalue weighted by Gasteiger charge is -2.32. The molecule has 0 bridgehead atoms. The number of ether oxygens (including phenoxy) is 1. The van der Waals surface area contributed by atoms with Gasteiger partial charge in [-0.2, -0.15) is 0 Å². The molecule has 3 nitrogen and oxygen atoms in total. The van der Waals surface area contributed by atoms with E-state index in [0.717, 1.165) is 12.2 Å². The summed E-state index contributed by atoms with van der Waals surface area (Å²) in [5.41, 5.74) is 3.94. The number of hydrogen-bond acceptors (Lipinski definition) is 3. The summed E-state index contributed by atoms with van der Waals surface area (Å²) in [5, 5.41) is 0. The Balaban J connectivity index is 1.82. The maximum Gasteiger partial charge on any atom is 0.124 e. The second-order valence-electron chi connectivity index (χ2n) is 6.01. The minimum atomic E-state index is 1.04. The van der Waals surface area contributed by atoms with E-state index >= 15 is 0 Å². The molecule has 0 aromatic heterocycles. The number of benzene rings is 1. The monoisotopic (exact) mass is 276 g/mol. The van der Waals surface area contributed by atoms with Gasteiger partial charge in [-0.25, -0.2) is 0 Å². The lowest BCUT2D eigenvalue weighted by atomic mass is 10.0. The lowest BCUT2D eigenvalue weighted by Crippen LogP contribution is -2.44. The van der Waals surface area contributed by atoms with Gasteiger partial charge in [-0.15, -0.1) is 0 Å². The summed E-state index contributed by atoms with van der Waals surface area (Å²) in [6.45, 7) is 10.3. The van der Waals surface area contributed by atoms with Crippen molar-refractivity contribution in [1.82, 2.24) is 9.80 Å². The molecule has 1 saturated heterocycles. The molecule has 0 saturated carbocycles. The molecule has 1 aliphatic heterocycles. The molecular weight excluding hydrogens is 248 g/mol. The third-order valence-electron chi connectivity index (χ3n) is 4.26. The molecule has 1 heterocycles. The van der Waals surface area contributed by atoms with Crippen LogP contribution in [0, 0.1) is 13.8 Å². The van der Waals surface area contributed by atoms with Gasteiger partial charge in [0.25, 0.3) is 0 Å². The summed E-state index contributed by atoms with van der Waals surface area (Å²) in [6, 6.07) is 4.55. The van der Waals surface area contributed by atoms with Crippen molar-refractivity contribution in [3.63, 3.8) is 0 Å². The van der Waals surface area contributed by atoms with Crippen molar-refractivity contribution in [2.75, 3.05) is 46.9 Å². The largest absolute Gasteiger partial charge is 0.496 e. The van der Waals surface area contributed by atoms with E-state index in [2.05, 4.69) is 42.8 Å². The van der Waals surface area contributed by atoms with E-state index in [1.807, 2.05) is 0 Å². The molecule has 1 fully saturated rings. The van der Waals surface area contributed by atoms with Gasteiger partial charge in [0.15, 0.2) is 0 Å². The topological polar surface area (TPSA) is 15.7 Å². The second-order valence-corrected chi connectivity index (χ2v) is 6.01. The summed E-state index contributed by atoms with van der Waals surface area (Å²) in [6.07, 6.45) is 2.41. The molecule has 0 amide bonds. The summed E-state index contributed by atoms with van der Waals surface area (Å²) >= 11 is 0. The highest BCUT2D eigenvalue weighted by atomic mass is 16.5. The zero-order valence-corrected chi connectivity index (χ0v) is 13.4. The predicted octanol–water partition coefficient (Wildman–Crippen LogP) is 2.49. The molecule has 2 rings (SSSR count).